The van der Waals surface area contributed by atoms with Crippen LogP contribution in [0.15, 0.2) is 29.3 Å². The SMILES string of the molecule is CCCCCCCCC(CC1=NCCc2ccccc21)S(=O)(=O)O. The van der Waals surface area contributed by atoms with Gasteiger partial charge in [0, 0.05) is 18.7 Å². The molecule has 2 rings (SSSR count). The van der Waals surface area contributed by atoms with Crippen LogP contribution in [-0.2, 0) is 16.5 Å². The Morgan fingerprint density at radius 2 is 1.83 bits per heavy atom. The van der Waals surface area contributed by atoms with E-state index in [1.807, 2.05) is 18.2 Å². The molecule has 1 unspecified atom stereocenters. The van der Waals surface area contributed by atoms with Gasteiger partial charge in [-0.1, -0.05) is 69.7 Å². The first-order chi connectivity index (χ1) is 11.5. The second kappa shape index (κ2) is 9.33. The fraction of sp³-hybridized carbons (Fsp3) is 0.632. The quantitative estimate of drug-likeness (QED) is 0.501. The van der Waals surface area contributed by atoms with Crippen LogP contribution in [0.3, 0.4) is 0 Å². The molecular weight excluding hydrogens is 322 g/mol. The fourth-order valence-corrected chi connectivity index (χ4v) is 4.15. The van der Waals surface area contributed by atoms with Crippen LogP contribution in [0, 0.1) is 0 Å². The van der Waals surface area contributed by atoms with E-state index in [4.69, 9.17) is 0 Å². The predicted molar refractivity (Wildman–Crippen MR) is 99.5 cm³/mol. The van der Waals surface area contributed by atoms with Gasteiger partial charge in [-0.3, -0.25) is 9.55 Å². The first-order valence-corrected chi connectivity index (χ1v) is 10.6. The minimum Gasteiger partial charge on any atom is -0.289 e. The average Bonchev–Trinajstić information content (AvgIpc) is 2.56. The Balaban J connectivity index is 1.96. The molecule has 1 aromatic rings. The Hall–Kier alpha value is -1.20. The monoisotopic (exact) mass is 351 g/mol. The van der Waals surface area contributed by atoms with Crippen LogP contribution in [0.5, 0.6) is 0 Å². The van der Waals surface area contributed by atoms with Crippen molar-refractivity contribution in [1.82, 2.24) is 0 Å². The van der Waals surface area contributed by atoms with Gasteiger partial charge in [0.15, 0.2) is 0 Å². The molecule has 0 amide bonds. The number of unbranched alkanes of at least 4 members (excludes halogenated alkanes) is 5. The lowest BCUT2D eigenvalue weighted by Gasteiger charge is -2.20. The second-order valence-electron chi connectivity index (χ2n) is 6.63. The maximum atomic E-state index is 11.8. The zero-order valence-electron chi connectivity index (χ0n) is 14.6. The summed E-state index contributed by atoms with van der Waals surface area (Å²) in [6.07, 6.45) is 8.34. The summed E-state index contributed by atoms with van der Waals surface area (Å²) < 4.78 is 33.2. The smallest absolute Gasteiger partial charge is 0.268 e. The largest absolute Gasteiger partial charge is 0.289 e. The van der Waals surface area contributed by atoms with Crippen molar-refractivity contribution in [2.75, 3.05) is 6.54 Å². The van der Waals surface area contributed by atoms with Crippen molar-refractivity contribution in [3.05, 3.63) is 35.4 Å². The summed E-state index contributed by atoms with van der Waals surface area (Å²) in [7, 11) is -4.05. The molecule has 0 spiro atoms. The van der Waals surface area contributed by atoms with E-state index >= 15 is 0 Å². The van der Waals surface area contributed by atoms with E-state index in [2.05, 4.69) is 18.0 Å². The van der Waals surface area contributed by atoms with E-state index in [1.54, 1.807) is 0 Å². The zero-order valence-corrected chi connectivity index (χ0v) is 15.4. The topological polar surface area (TPSA) is 66.7 Å². The molecule has 4 nitrogen and oxygen atoms in total. The van der Waals surface area contributed by atoms with Gasteiger partial charge < -0.3 is 0 Å². The molecule has 0 saturated carbocycles. The van der Waals surface area contributed by atoms with Crippen LogP contribution in [-0.4, -0.2) is 30.5 Å². The Morgan fingerprint density at radius 1 is 1.12 bits per heavy atom. The van der Waals surface area contributed by atoms with E-state index in [0.717, 1.165) is 37.0 Å². The molecule has 1 aliphatic heterocycles. The number of fused-ring (bicyclic) bond motifs is 1. The maximum Gasteiger partial charge on any atom is 0.268 e. The highest BCUT2D eigenvalue weighted by molar-refractivity contribution is 7.86. The summed E-state index contributed by atoms with van der Waals surface area (Å²) in [5, 5.41) is -0.742. The highest BCUT2D eigenvalue weighted by Gasteiger charge is 2.26. The Morgan fingerprint density at radius 3 is 2.58 bits per heavy atom. The average molecular weight is 352 g/mol. The summed E-state index contributed by atoms with van der Waals surface area (Å²) in [6, 6.07) is 8.02. The minimum atomic E-state index is -4.05. The van der Waals surface area contributed by atoms with E-state index in [0.29, 0.717) is 19.4 Å². The summed E-state index contributed by atoms with van der Waals surface area (Å²) in [6.45, 7) is 2.87. The van der Waals surface area contributed by atoms with Crippen LogP contribution < -0.4 is 0 Å². The van der Waals surface area contributed by atoms with Crippen LogP contribution in [0.25, 0.3) is 0 Å². The molecule has 1 aromatic carbocycles. The molecule has 5 heteroatoms. The van der Waals surface area contributed by atoms with E-state index in [1.165, 1.54) is 24.8 Å². The second-order valence-corrected chi connectivity index (χ2v) is 8.33. The summed E-state index contributed by atoms with van der Waals surface area (Å²) in [5.41, 5.74) is 3.09. The van der Waals surface area contributed by atoms with Crippen molar-refractivity contribution >= 4 is 15.8 Å². The molecule has 0 aromatic heterocycles. The molecule has 0 aliphatic carbocycles. The third kappa shape index (κ3) is 5.71. The van der Waals surface area contributed by atoms with E-state index in [-0.39, 0.29) is 0 Å². The molecule has 1 N–H and O–H groups in total. The summed E-state index contributed by atoms with van der Waals surface area (Å²) in [4.78, 5) is 4.53. The van der Waals surface area contributed by atoms with Crippen LogP contribution in [0.4, 0.5) is 0 Å². The van der Waals surface area contributed by atoms with Crippen LogP contribution in [0.2, 0.25) is 0 Å². The van der Waals surface area contributed by atoms with E-state index in [9.17, 15) is 13.0 Å². The third-order valence-corrected chi connectivity index (χ3v) is 5.98. The van der Waals surface area contributed by atoms with E-state index < -0.39 is 15.4 Å². The molecule has 0 saturated heterocycles. The molecule has 1 aliphatic rings. The lowest BCUT2D eigenvalue weighted by atomic mass is 9.94. The first kappa shape index (κ1) is 19.1. The molecule has 134 valence electrons. The Bertz CT molecular complexity index is 652. The standard InChI is InChI=1S/C19H29NO3S/c1-2-3-4-5-6-7-11-17(24(21,22)23)15-19-18-12-9-8-10-16(18)13-14-20-19/h8-10,12,17H,2-7,11,13-15H2,1H3,(H,21,22,23). The lowest BCUT2D eigenvalue weighted by Crippen LogP contribution is -2.26. The van der Waals surface area contributed by atoms with Gasteiger partial charge in [0.2, 0.25) is 0 Å². The van der Waals surface area contributed by atoms with Crippen LogP contribution in [0.1, 0.15) is 69.4 Å². The lowest BCUT2D eigenvalue weighted by molar-refractivity contribution is 0.457. The summed E-state index contributed by atoms with van der Waals surface area (Å²) in [5.74, 6) is 0. The van der Waals surface area contributed by atoms with Gasteiger partial charge in [-0.2, -0.15) is 8.42 Å². The van der Waals surface area contributed by atoms with Gasteiger partial charge in [0.1, 0.15) is 0 Å². The van der Waals surface area contributed by atoms with Crippen molar-refractivity contribution < 1.29 is 13.0 Å². The highest BCUT2D eigenvalue weighted by Crippen LogP contribution is 2.23. The van der Waals surface area contributed by atoms with Crippen LogP contribution >= 0.6 is 0 Å². The molecule has 0 fully saturated rings. The highest BCUT2D eigenvalue weighted by atomic mass is 32.2. The molecule has 1 heterocycles. The van der Waals surface area contributed by atoms with Crippen molar-refractivity contribution in [2.45, 2.75) is 70.0 Å². The van der Waals surface area contributed by atoms with Gasteiger partial charge in [0.25, 0.3) is 10.1 Å². The Labute approximate surface area is 146 Å². The molecule has 24 heavy (non-hydrogen) atoms. The van der Waals surface area contributed by atoms with Gasteiger partial charge >= 0.3 is 0 Å². The molecule has 0 bridgehead atoms. The number of aliphatic imine (C=N–C) groups is 1. The number of nitrogens with zero attached hydrogens (tertiary/aromatic N) is 1. The number of rotatable bonds is 10. The van der Waals surface area contributed by atoms with Crippen molar-refractivity contribution in [3.63, 3.8) is 0 Å². The molecule has 0 radical (unpaired) electrons. The van der Waals surface area contributed by atoms with Crippen molar-refractivity contribution in [1.29, 1.82) is 0 Å². The first-order valence-electron chi connectivity index (χ1n) is 9.10. The minimum absolute atomic E-state index is 0.310. The van der Waals surface area contributed by atoms with Gasteiger partial charge in [-0.25, -0.2) is 0 Å². The zero-order chi connectivity index (χ0) is 17.4. The number of hydrogen-bond donors (Lipinski definition) is 1. The van der Waals surface area contributed by atoms with Gasteiger partial charge in [-0.15, -0.1) is 0 Å². The predicted octanol–water partition coefficient (Wildman–Crippen LogP) is 4.43. The Kier molecular flexibility index (Phi) is 7.43. The number of benzene rings is 1. The molecular formula is C19H29NO3S. The van der Waals surface area contributed by atoms with Crippen molar-refractivity contribution in [3.8, 4) is 0 Å². The summed E-state index contributed by atoms with van der Waals surface area (Å²) >= 11 is 0. The van der Waals surface area contributed by atoms with Gasteiger partial charge in [0.05, 0.1) is 5.25 Å². The molecule has 1 atom stereocenters. The van der Waals surface area contributed by atoms with Gasteiger partial charge in [-0.05, 0) is 24.0 Å². The fourth-order valence-electron chi connectivity index (χ4n) is 3.32. The number of hydrogen-bond acceptors (Lipinski definition) is 3. The van der Waals surface area contributed by atoms with Crippen molar-refractivity contribution in [2.24, 2.45) is 4.99 Å². The normalized spacial score (nSPS) is 15.7. The third-order valence-electron chi connectivity index (χ3n) is 4.73. The maximum absolute atomic E-state index is 11.8.